The van der Waals surface area contributed by atoms with Crippen molar-refractivity contribution in [3.05, 3.63) is 94.8 Å². The summed E-state index contributed by atoms with van der Waals surface area (Å²) in [5.74, 6) is 0.991. The molecule has 0 saturated carbocycles. The van der Waals surface area contributed by atoms with Crippen LogP contribution in [0.2, 0.25) is 0 Å². The summed E-state index contributed by atoms with van der Waals surface area (Å²) >= 11 is 0. The molecule has 0 aliphatic carbocycles. The average Bonchev–Trinajstić information content (AvgIpc) is 3.13. The number of nitrogens with one attached hydrogen (secondary N) is 1. The summed E-state index contributed by atoms with van der Waals surface area (Å²) in [5.41, 5.74) is 1.83. The molecule has 3 aromatic carbocycles. The molecule has 0 spiro atoms. The van der Waals surface area contributed by atoms with Crippen molar-refractivity contribution in [2.45, 2.75) is 19.6 Å². The lowest BCUT2D eigenvalue weighted by Crippen LogP contribution is -2.22. The van der Waals surface area contributed by atoms with Gasteiger partial charge in [0.1, 0.15) is 12.3 Å². The number of para-hydroxylation sites is 3. The predicted octanol–water partition coefficient (Wildman–Crippen LogP) is 4.72. The Balaban J connectivity index is 1.60. The third kappa shape index (κ3) is 4.53. The van der Waals surface area contributed by atoms with E-state index in [-0.39, 0.29) is 18.1 Å². The molecule has 1 N–H and O–H groups in total. The number of hydrogen-bond donors (Lipinski definition) is 1. The van der Waals surface area contributed by atoms with Crippen LogP contribution in [0.1, 0.15) is 18.9 Å². The van der Waals surface area contributed by atoms with Crippen molar-refractivity contribution in [3.63, 3.8) is 0 Å². The van der Waals surface area contributed by atoms with E-state index in [0.717, 1.165) is 11.0 Å². The minimum atomic E-state index is -0.500. The number of aromatic nitrogens is 2. The molecule has 4 aromatic rings. The summed E-state index contributed by atoms with van der Waals surface area (Å²) in [4.78, 5) is 27.9. The number of nitrogens with zero attached hydrogens (tertiary/aromatic N) is 3. The maximum Gasteiger partial charge on any atom is 0.271 e. The lowest BCUT2D eigenvalue weighted by molar-refractivity contribution is -0.384. The molecular weight excluding hydrogens is 396 g/mol. The molecule has 156 valence electrons. The molecule has 1 heterocycles. The van der Waals surface area contributed by atoms with E-state index >= 15 is 0 Å². The number of nitro benzene ring substituents is 1. The minimum absolute atomic E-state index is 0.0129. The molecule has 1 atom stereocenters. The fourth-order valence-corrected chi connectivity index (χ4v) is 3.37. The van der Waals surface area contributed by atoms with Crippen molar-refractivity contribution in [2.24, 2.45) is 0 Å². The highest BCUT2D eigenvalue weighted by atomic mass is 16.6. The lowest BCUT2D eigenvalue weighted by atomic mass is 10.2. The number of imidazole rings is 1. The number of carbonyl (C=O) groups is 1. The molecule has 0 bridgehead atoms. The van der Waals surface area contributed by atoms with Gasteiger partial charge in [-0.05, 0) is 37.3 Å². The summed E-state index contributed by atoms with van der Waals surface area (Å²) in [5, 5.41) is 13.7. The third-order valence-corrected chi connectivity index (χ3v) is 4.75. The van der Waals surface area contributed by atoms with Gasteiger partial charge in [0.05, 0.1) is 16.0 Å². The normalized spacial score (nSPS) is 11.8. The SMILES string of the molecule is C[C@@H](Oc1ccccc1)c1nc2ccccc2n1CC(=O)Nc1cccc([N+](=O)[O-])c1. The van der Waals surface area contributed by atoms with Gasteiger partial charge in [-0.1, -0.05) is 36.4 Å². The smallest absolute Gasteiger partial charge is 0.271 e. The summed E-state index contributed by atoms with van der Waals surface area (Å²) in [6.07, 6.45) is -0.402. The Kier molecular flexibility index (Phi) is 5.61. The predicted molar refractivity (Wildman–Crippen MR) is 117 cm³/mol. The number of rotatable bonds is 7. The Hall–Kier alpha value is -4.20. The summed E-state index contributed by atoms with van der Waals surface area (Å²) in [6.45, 7) is 1.87. The molecule has 0 aliphatic rings. The van der Waals surface area contributed by atoms with Crippen molar-refractivity contribution in [1.82, 2.24) is 9.55 Å². The van der Waals surface area contributed by atoms with E-state index in [4.69, 9.17) is 4.74 Å². The zero-order chi connectivity index (χ0) is 21.8. The first-order valence-corrected chi connectivity index (χ1v) is 9.72. The molecule has 0 fully saturated rings. The van der Waals surface area contributed by atoms with E-state index in [1.165, 1.54) is 18.2 Å². The Labute approximate surface area is 178 Å². The van der Waals surface area contributed by atoms with Gasteiger partial charge in [0.15, 0.2) is 11.9 Å². The number of non-ortho nitro benzene ring substituents is 1. The quantitative estimate of drug-likeness (QED) is 0.347. The molecule has 0 aliphatic heterocycles. The fraction of sp³-hybridized carbons (Fsp3) is 0.130. The van der Waals surface area contributed by atoms with Crippen LogP contribution >= 0.6 is 0 Å². The fourth-order valence-electron chi connectivity index (χ4n) is 3.37. The van der Waals surface area contributed by atoms with E-state index in [0.29, 0.717) is 17.3 Å². The van der Waals surface area contributed by atoms with Crippen molar-refractivity contribution in [3.8, 4) is 5.75 Å². The van der Waals surface area contributed by atoms with Gasteiger partial charge in [0.25, 0.3) is 5.69 Å². The first-order chi connectivity index (χ1) is 15.0. The van der Waals surface area contributed by atoms with Crippen molar-refractivity contribution in [1.29, 1.82) is 0 Å². The van der Waals surface area contributed by atoms with E-state index < -0.39 is 11.0 Å². The minimum Gasteiger partial charge on any atom is -0.483 e. The van der Waals surface area contributed by atoms with Crippen molar-refractivity contribution >= 4 is 28.3 Å². The highest BCUT2D eigenvalue weighted by Crippen LogP contribution is 2.25. The first kappa shape index (κ1) is 20.1. The summed E-state index contributed by atoms with van der Waals surface area (Å²) < 4.78 is 7.82. The van der Waals surface area contributed by atoms with E-state index in [1.807, 2.05) is 61.5 Å². The first-order valence-electron chi connectivity index (χ1n) is 9.72. The van der Waals surface area contributed by atoms with Gasteiger partial charge in [0.2, 0.25) is 5.91 Å². The second-order valence-corrected chi connectivity index (χ2v) is 6.97. The van der Waals surface area contributed by atoms with Crippen LogP contribution in [0.15, 0.2) is 78.9 Å². The van der Waals surface area contributed by atoms with Gasteiger partial charge in [-0.25, -0.2) is 4.98 Å². The van der Waals surface area contributed by atoms with Gasteiger partial charge in [-0.15, -0.1) is 0 Å². The van der Waals surface area contributed by atoms with E-state index in [2.05, 4.69) is 10.3 Å². The van der Waals surface area contributed by atoms with Gasteiger partial charge in [-0.2, -0.15) is 0 Å². The van der Waals surface area contributed by atoms with Gasteiger partial charge >= 0.3 is 0 Å². The van der Waals surface area contributed by atoms with Gasteiger partial charge < -0.3 is 14.6 Å². The van der Waals surface area contributed by atoms with Gasteiger partial charge in [-0.3, -0.25) is 14.9 Å². The molecule has 31 heavy (non-hydrogen) atoms. The zero-order valence-electron chi connectivity index (χ0n) is 16.8. The Bertz CT molecular complexity index is 1240. The second-order valence-electron chi connectivity index (χ2n) is 6.97. The van der Waals surface area contributed by atoms with Crippen LogP contribution in [0, 0.1) is 10.1 Å². The maximum absolute atomic E-state index is 12.8. The van der Waals surface area contributed by atoms with Crippen LogP contribution < -0.4 is 10.1 Å². The number of nitro groups is 1. The molecule has 0 unspecified atom stereocenters. The summed E-state index contributed by atoms with van der Waals surface area (Å²) in [7, 11) is 0. The number of fused-ring (bicyclic) bond motifs is 1. The number of carbonyl (C=O) groups excluding carboxylic acids is 1. The monoisotopic (exact) mass is 416 g/mol. The number of anilines is 1. The Morgan fingerprint density at radius 2 is 1.84 bits per heavy atom. The highest BCUT2D eigenvalue weighted by molar-refractivity contribution is 5.92. The standard InChI is InChI=1S/C23H20N4O4/c1-16(31-19-10-3-2-4-11-19)23-25-20-12-5-6-13-21(20)26(23)15-22(28)24-17-8-7-9-18(14-17)27(29)30/h2-14,16H,15H2,1H3,(H,24,28)/t16-/m1/s1. The summed E-state index contributed by atoms with van der Waals surface area (Å²) in [6, 6.07) is 22.8. The van der Waals surface area contributed by atoms with Crippen LogP contribution in [0.4, 0.5) is 11.4 Å². The second kappa shape index (κ2) is 8.66. The largest absolute Gasteiger partial charge is 0.483 e. The van der Waals surface area contributed by atoms with Crippen molar-refractivity contribution < 1.29 is 14.5 Å². The molecule has 0 radical (unpaired) electrons. The van der Waals surface area contributed by atoms with Crippen LogP contribution in [-0.4, -0.2) is 20.4 Å². The molecular formula is C23H20N4O4. The number of benzene rings is 3. The number of ether oxygens (including phenoxy) is 1. The number of hydrogen-bond acceptors (Lipinski definition) is 5. The molecule has 8 heteroatoms. The van der Waals surface area contributed by atoms with Crippen molar-refractivity contribution in [2.75, 3.05) is 5.32 Å². The number of amides is 1. The molecule has 1 aromatic heterocycles. The Morgan fingerprint density at radius 1 is 1.10 bits per heavy atom. The van der Waals surface area contributed by atoms with Crippen LogP contribution in [0.3, 0.4) is 0 Å². The van der Waals surface area contributed by atoms with E-state index in [9.17, 15) is 14.9 Å². The van der Waals surface area contributed by atoms with Gasteiger partial charge in [0, 0.05) is 17.8 Å². The topological polar surface area (TPSA) is 99.3 Å². The third-order valence-electron chi connectivity index (χ3n) is 4.75. The molecule has 1 amide bonds. The zero-order valence-corrected chi connectivity index (χ0v) is 16.8. The maximum atomic E-state index is 12.8. The van der Waals surface area contributed by atoms with E-state index in [1.54, 1.807) is 10.6 Å². The molecule has 0 saturated heterocycles. The Morgan fingerprint density at radius 3 is 2.61 bits per heavy atom. The highest BCUT2D eigenvalue weighted by Gasteiger charge is 2.20. The average molecular weight is 416 g/mol. The molecule has 4 rings (SSSR count). The van der Waals surface area contributed by atoms with Crippen LogP contribution in [0.25, 0.3) is 11.0 Å². The van der Waals surface area contributed by atoms with Crippen LogP contribution in [-0.2, 0) is 11.3 Å². The van der Waals surface area contributed by atoms with Crippen LogP contribution in [0.5, 0.6) is 5.75 Å². The molecule has 8 nitrogen and oxygen atoms in total. The lowest BCUT2D eigenvalue weighted by Gasteiger charge is -2.16.